The number of rotatable bonds is 4. The Kier molecular flexibility index (Phi) is 3.54. The van der Waals surface area contributed by atoms with E-state index in [1.807, 2.05) is 0 Å². The predicted octanol–water partition coefficient (Wildman–Crippen LogP) is 0.0392. The molecule has 1 saturated carbocycles. The van der Waals surface area contributed by atoms with Gasteiger partial charge in [-0.15, -0.1) is 0 Å². The molecule has 0 bridgehead atoms. The predicted molar refractivity (Wildman–Crippen MR) is 48.4 cm³/mol. The maximum absolute atomic E-state index is 11.2. The number of nitrogens with zero attached hydrogens (tertiary/aromatic N) is 1. The maximum atomic E-state index is 11.2. The van der Waals surface area contributed by atoms with Gasteiger partial charge in [0.1, 0.15) is 0 Å². The van der Waals surface area contributed by atoms with Crippen molar-refractivity contribution < 1.29 is 10.0 Å². The van der Waals surface area contributed by atoms with Gasteiger partial charge in [0.05, 0.1) is 6.54 Å². The Labute approximate surface area is 77.0 Å². The summed E-state index contributed by atoms with van der Waals surface area (Å²) in [4.78, 5) is 11.2. The molecule has 1 rings (SSSR count). The van der Waals surface area contributed by atoms with E-state index in [2.05, 4.69) is 10.5 Å². The smallest absolute Gasteiger partial charge is 0.220 e. The van der Waals surface area contributed by atoms with Crippen molar-refractivity contribution in [3.63, 3.8) is 0 Å². The number of carbonyl (C=O) groups excluding carboxylic acids is 1. The molecular formula is C8H15N3O2. The van der Waals surface area contributed by atoms with Gasteiger partial charge in [-0.25, -0.2) is 0 Å². The molecule has 5 nitrogen and oxygen atoms in total. The Morgan fingerprint density at radius 3 is 2.77 bits per heavy atom. The van der Waals surface area contributed by atoms with Crippen molar-refractivity contribution in [1.29, 1.82) is 0 Å². The van der Waals surface area contributed by atoms with Crippen molar-refractivity contribution in [3.05, 3.63) is 0 Å². The number of nitrogens with one attached hydrogen (secondary N) is 1. The summed E-state index contributed by atoms with van der Waals surface area (Å²) in [6.07, 6.45) is 4.10. The molecule has 0 heterocycles. The van der Waals surface area contributed by atoms with Crippen LogP contribution in [0.1, 0.15) is 25.7 Å². The van der Waals surface area contributed by atoms with E-state index in [1.54, 1.807) is 0 Å². The van der Waals surface area contributed by atoms with Crippen molar-refractivity contribution in [2.24, 2.45) is 16.8 Å². The van der Waals surface area contributed by atoms with Crippen molar-refractivity contribution in [2.75, 3.05) is 6.54 Å². The first-order valence-corrected chi connectivity index (χ1v) is 4.45. The molecule has 0 atom stereocenters. The summed E-state index contributed by atoms with van der Waals surface area (Å²) in [5, 5.41) is 13.5. The van der Waals surface area contributed by atoms with Gasteiger partial charge in [0.15, 0.2) is 5.84 Å². The zero-order valence-electron chi connectivity index (χ0n) is 7.49. The van der Waals surface area contributed by atoms with Crippen molar-refractivity contribution in [2.45, 2.75) is 25.7 Å². The Balaban J connectivity index is 2.10. The molecule has 13 heavy (non-hydrogen) atoms. The number of oxime groups is 1. The van der Waals surface area contributed by atoms with Crippen molar-refractivity contribution >= 4 is 11.7 Å². The number of hydrogen-bond donors (Lipinski definition) is 3. The molecule has 1 amide bonds. The monoisotopic (exact) mass is 185 g/mol. The van der Waals surface area contributed by atoms with Crippen LogP contribution in [0, 0.1) is 5.92 Å². The lowest BCUT2D eigenvalue weighted by Crippen LogP contribution is -2.35. The second-order valence-electron chi connectivity index (χ2n) is 3.37. The Hall–Kier alpha value is -1.26. The molecule has 0 aromatic carbocycles. The molecule has 0 aromatic rings. The lowest BCUT2D eigenvalue weighted by atomic mass is 9.83. The second kappa shape index (κ2) is 4.69. The summed E-state index contributed by atoms with van der Waals surface area (Å²) in [6.45, 7) is 0.127. The molecule has 4 N–H and O–H groups in total. The van der Waals surface area contributed by atoms with Crippen LogP contribution in [0.15, 0.2) is 5.16 Å². The van der Waals surface area contributed by atoms with Gasteiger partial charge in [-0.3, -0.25) is 4.79 Å². The van der Waals surface area contributed by atoms with Crippen molar-refractivity contribution in [3.8, 4) is 0 Å². The number of carbonyl (C=O) groups is 1. The van der Waals surface area contributed by atoms with E-state index in [0.29, 0.717) is 12.3 Å². The molecule has 0 aromatic heterocycles. The molecule has 74 valence electrons. The van der Waals surface area contributed by atoms with Gasteiger partial charge in [-0.05, 0) is 18.8 Å². The van der Waals surface area contributed by atoms with Crippen LogP contribution in [0.2, 0.25) is 0 Å². The highest BCUT2D eigenvalue weighted by Gasteiger charge is 2.20. The largest absolute Gasteiger partial charge is 0.409 e. The summed E-state index contributed by atoms with van der Waals surface area (Å²) >= 11 is 0. The molecule has 1 aliphatic carbocycles. The summed E-state index contributed by atoms with van der Waals surface area (Å²) in [5.41, 5.74) is 5.18. The number of nitrogens with two attached hydrogens (primary N) is 1. The first kappa shape index (κ1) is 9.83. The SMILES string of the molecule is NC(CNC(=O)CC1CCC1)=NO. The van der Waals surface area contributed by atoms with E-state index in [0.717, 1.165) is 12.8 Å². The number of hydrogen-bond acceptors (Lipinski definition) is 3. The minimum atomic E-state index is -0.0173. The van der Waals surface area contributed by atoms with Crippen LogP contribution < -0.4 is 11.1 Å². The van der Waals surface area contributed by atoms with E-state index in [4.69, 9.17) is 10.9 Å². The molecule has 0 aliphatic heterocycles. The zero-order valence-corrected chi connectivity index (χ0v) is 7.49. The first-order chi connectivity index (χ1) is 6.22. The van der Waals surface area contributed by atoms with Crippen molar-refractivity contribution in [1.82, 2.24) is 5.32 Å². The highest BCUT2D eigenvalue weighted by molar-refractivity contribution is 5.86. The highest BCUT2D eigenvalue weighted by atomic mass is 16.4. The summed E-state index contributed by atoms with van der Waals surface area (Å²) in [5.74, 6) is 0.561. The van der Waals surface area contributed by atoms with Crippen LogP contribution in [0.3, 0.4) is 0 Å². The molecule has 0 unspecified atom stereocenters. The van der Waals surface area contributed by atoms with Crippen LogP contribution in [-0.2, 0) is 4.79 Å². The number of amidine groups is 1. The fourth-order valence-electron chi connectivity index (χ4n) is 1.26. The highest BCUT2D eigenvalue weighted by Crippen LogP contribution is 2.28. The average molecular weight is 185 g/mol. The maximum Gasteiger partial charge on any atom is 0.220 e. The van der Waals surface area contributed by atoms with E-state index < -0.39 is 0 Å². The summed E-state index contributed by atoms with van der Waals surface area (Å²) in [7, 11) is 0. The van der Waals surface area contributed by atoms with Gasteiger partial charge in [0, 0.05) is 6.42 Å². The number of amides is 1. The van der Waals surface area contributed by atoms with Gasteiger partial charge in [0.2, 0.25) is 5.91 Å². The normalized spacial score (nSPS) is 18.0. The lowest BCUT2D eigenvalue weighted by molar-refractivity contribution is -0.122. The first-order valence-electron chi connectivity index (χ1n) is 4.45. The van der Waals surface area contributed by atoms with E-state index in [1.165, 1.54) is 6.42 Å². The third kappa shape index (κ3) is 3.31. The standard InChI is InChI=1S/C8H15N3O2/c9-7(11-13)5-10-8(12)4-6-2-1-3-6/h6,13H,1-5H2,(H2,9,11)(H,10,12). The van der Waals surface area contributed by atoms with Crippen LogP contribution in [0.4, 0.5) is 0 Å². The van der Waals surface area contributed by atoms with E-state index in [9.17, 15) is 4.79 Å². The quantitative estimate of drug-likeness (QED) is 0.250. The van der Waals surface area contributed by atoms with Gasteiger partial charge in [-0.2, -0.15) is 0 Å². The molecular weight excluding hydrogens is 170 g/mol. The fourth-order valence-corrected chi connectivity index (χ4v) is 1.26. The molecule has 0 saturated heterocycles. The van der Waals surface area contributed by atoms with E-state index in [-0.39, 0.29) is 18.3 Å². The molecule has 5 heteroatoms. The molecule has 1 aliphatic rings. The van der Waals surface area contributed by atoms with Crippen LogP contribution in [-0.4, -0.2) is 23.5 Å². The zero-order chi connectivity index (χ0) is 9.68. The summed E-state index contributed by atoms with van der Waals surface area (Å²) in [6, 6.07) is 0. The fraction of sp³-hybridized carbons (Fsp3) is 0.750. The van der Waals surface area contributed by atoms with Gasteiger partial charge in [-0.1, -0.05) is 11.6 Å². The Morgan fingerprint density at radius 1 is 1.62 bits per heavy atom. The Morgan fingerprint density at radius 2 is 2.31 bits per heavy atom. The third-order valence-electron chi connectivity index (χ3n) is 2.29. The average Bonchev–Trinajstić information content (AvgIpc) is 2.07. The van der Waals surface area contributed by atoms with E-state index >= 15 is 0 Å². The second-order valence-corrected chi connectivity index (χ2v) is 3.37. The summed E-state index contributed by atoms with van der Waals surface area (Å²) < 4.78 is 0. The van der Waals surface area contributed by atoms with Gasteiger partial charge >= 0.3 is 0 Å². The minimum absolute atomic E-state index is 0.0173. The van der Waals surface area contributed by atoms with Crippen LogP contribution >= 0.6 is 0 Å². The molecule has 0 radical (unpaired) electrons. The van der Waals surface area contributed by atoms with Gasteiger partial charge in [0.25, 0.3) is 0 Å². The van der Waals surface area contributed by atoms with Crippen LogP contribution in [0.25, 0.3) is 0 Å². The van der Waals surface area contributed by atoms with Gasteiger partial charge < -0.3 is 16.3 Å². The lowest BCUT2D eigenvalue weighted by Gasteiger charge is -2.24. The third-order valence-corrected chi connectivity index (χ3v) is 2.29. The topological polar surface area (TPSA) is 87.7 Å². The Bertz CT molecular complexity index is 211. The van der Waals surface area contributed by atoms with Crippen LogP contribution in [0.5, 0.6) is 0 Å². The molecule has 0 spiro atoms. The molecule has 1 fully saturated rings. The minimum Gasteiger partial charge on any atom is -0.409 e.